The van der Waals surface area contributed by atoms with Crippen LogP contribution in [0.2, 0.25) is 0 Å². The van der Waals surface area contributed by atoms with Crippen LogP contribution in [-0.2, 0) is 24.9 Å². The van der Waals surface area contributed by atoms with Gasteiger partial charge in [-0.1, -0.05) is 43.7 Å². The zero-order chi connectivity index (χ0) is 25.1. The van der Waals surface area contributed by atoms with E-state index in [0.717, 1.165) is 47.5 Å². The molecule has 4 heterocycles. The average molecular weight is 486 g/mol. The summed E-state index contributed by atoms with van der Waals surface area (Å²) in [5.74, 6) is 1.35. The molecule has 5 rings (SSSR count). The van der Waals surface area contributed by atoms with E-state index in [9.17, 15) is 4.79 Å². The molecular weight excluding hydrogens is 454 g/mol. The van der Waals surface area contributed by atoms with Crippen LogP contribution in [0.4, 0.5) is 0 Å². The van der Waals surface area contributed by atoms with E-state index in [0.29, 0.717) is 18.9 Å². The van der Waals surface area contributed by atoms with Crippen LogP contribution in [0.3, 0.4) is 0 Å². The molecule has 3 aromatic heterocycles. The summed E-state index contributed by atoms with van der Waals surface area (Å²) in [5, 5.41) is 22.1. The molecule has 0 spiro atoms. The Morgan fingerprint density at radius 1 is 1.14 bits per heavy atom. The zero-order valence-electron chi connectivity index (χ0n) is 20.8. The number of allylic oxidation sites excluding steroid dienone is 2. The number of dihydropyridines is 1. The Morgan fingerprint density at radius 3 is 2.69 bits per heavy atom. The summed E-state index contributed by atoms with van der Waals surface area (Å²) >= 11 is 0. The van der Waals surface area contributed by atoms with E-state index in [1.165, 1.54) is 0 Å². The summed E-state index contributed by atoms with van der Waals surface area (Å²) in [6.45, 7) is 7.34. The maximum Gasteiger partial charge on any atom is 0.334 e. The molecular formula is C26H31N9O. The molecule has 10 nitrogen and oxygen atoms in total. The van der Waals surface area contributed by atoms with Gasteiger partial charge in [0.05, 0.1) is 11.6 Å². The van der Waals surface area contributed by atoms with E-state index in [1.54, 1.807) is 4.57 Å². The van der Waals surface area contributed by atoms with Gasteiger partial charge in [0.2, 0.25) is 5.82 Å². The number of nitrogens with one attached hydrogen (secondary N) is 2. The van der Waals surface area contributed by atoms with E-state index < -0.39 is 5.41 Å². The number of nitrogens with zero attached hydrogens (tertiary/aromatic N) is 7. The number of unbranched alkanes of at least 4 members (excludes halogenated alkanes) is 1. The largest absolute Gasteiger partial charge is 0.368 e. The Kier molecular flexibility index (Phi) is 6.41. The smallest absolute Gasteiger partial charge is 0.334 e. The minimum atomic E-state index is -0.540. The highest BCUT2D eigenvalue weighted by Crippen LogP contribution is 2.33. The van der Waals surface area contributed by atoms with Gasteiger partial charge in [0.1, 0.15) is 5.82 Å². The first kappa shape index (κ1) is 23.5. The molecule has 2 N–H and O–H groups in total. The molecule has 1 aromatic carbocycles. The zero-order valence-corrected chi connectivity index (χ0v) is 20.8. The molecule has 0 fully saturated rings. The lowest BCUT2D eigenvalue weighted by atomic mass is 9.78. The van der Waals surface area contributed by atoms with Crippen LogP contribution < -0.4 is 11.0 Å². The molecule has 0 bridgehead atoms. The van der Waals surface area contributed by atoms with Crippen molar-refractivity contribution in [2.45, 2.75) is 58.5 Å². The average Bonchev–Trinajstić information content (AvgIpc) is 3.64. The molecule has 0 unspecified atom stereocenters. The van der Waals surface area contributed by atoms with Crippen LogP contribution >= 0.6 is 0 Å². The Balaban J connectivity index is 1.63. The Labute approximate surface area is 209 Å². The van der Waals surface area contributed by atoms with Gasteiger partial charge >= 0.3 is 5.69 Å². The van der Waals surface area contributed by atoms with Crippen LogP contribution in [0.5, 0.6) is 0 Å². The molecule has 4 aromatic rings. The fourth-order valence-electron chi connectivity index (χ4n) is 4.81. The lowest BCUT2D eigenvalue weighted by Gasteiger charge is -2.31. The van der Waals surface area contributed by atoms with E-state index in [1.807, 2.05) is 60.0 Å². The normalized spacial score (nSPS) is 14.3. The number of H-pyrrole nitrogens is 1. The van der Waals surface area contributed by atoms with Crippen molar-refractivity contribution in [2.24, 2.45) is 0 Å². The predicted molar refractivity (Wildman–Crippen MR) is 138 cm³/mol. The van der Waals surface area contributed by atoms with Gasteiger partial charge in [-0.05, 0) is 55.9 Å². The van der Waals surface area contributed by atoms with Crippen LogP contribution in [0.25, 0.3) is 17.2 Å². The maximum atomic E-state index is 14.0. The summed E-state index contributed by atoms with van der Waals surface area (Å²) in [5.41, 5.74) is 3.28. The Hall–Kier alpha value is -4.21. The molecule has 0 radical (unpaired) electrons. The molecule has 0 saturated heterocycles. The Morgan fingerprint density at radius 2 is 1.97 bits per heavy atom. The number of rotatable bonds is 9. The molecule has 1 aliphatic rings. The number of aryl methyl sites for hydroxylation is 3. The van der Waals surface area contributed by atoms with Crippen molar-refractivity contribution in [2.75, 3.05) is 0 Å². The summed E-state index contributed by atoms with van der Waals surface area (Å²) < 4.78 is 5.55. The van der Waals surface area contributed by atoms with Gasteiger partial charge in [-0.3, -0.25) is 9.13 Å². The van der Waals surface area contributed by atoms with Crippen LogP contribution in [0, 0.1) is 6.92 Å². The van der Waals surface area contributed by atoms with Crippen molar-refractivity contribution in [1.82, 2.24) is 44.9 Å². The van der Waals surface area contributed by atoms with Crippen molar-refractivity contribution >= 4 is 0 Å². The van der Waals surface area contributed by atoms with Crippen molar-refractivity contribution < 1.29 is 0 Å². The fourth-order valence-corrected chi connectivity index (χ4v) is 4.81. The van der Waals surface area contributed by atoms with Crippen LogP contribution in [0.1, 0.15) is 43.5 Å². The summed E-state index contributed by atoms with van der Waals surface area (Å²) in [6, 6.07) is 8.09. The number of aromatic nitrogens is 8. The number of imidazole rings is 1. The topological polar surface area (TPSA) is 111 Å². The number of benzene rings is 1. The first-order valence-corrected chi connectivity index (χ1v) is 12.4. The SMILES string of the molecule is CCCCc1cn(-c2c(C)cnn2CC)c(=O)n1CC1(c2cccc(-c3nn[nH]n3)c2)C=CNC=C1. The molecule has 10 heteroatoms. The monoisotopic (exact) mass is 485 g/mol. The number of tetrazole rings is 1. The van der Waals surface area contributed by atoms with Crippen LogP contribution in [-0.4, -0.2) is 39.5 Å². The minimum absolute atomic E-state index is 0.0616. The van der Waals surface area contributed by atoms with Gasteiger partial charge in [-0.25, -0.2) is 9.48 Å². The van der Waals surface area contributed by atoms with Crippen molar-refractivity contribution in [3.8, 4) is 17.2 Å². The Bertz CT molecular complexity index is 1440. The highest BCUT2D eigenvalue weighted by molar-refractivity contribution is 5.57. The summed E-state index contributed by atoms with van der Waals surface area (Å²) in [4.78, 5) is 14.0. The van der Waals surface area contributed by atoms with Gasteiger partial charge < -0.3 is 5.32 Å². The maximum absolute atomic E-state index is 14.0. The molecule has 0 saturated carbocycles. The van der Waals surface area contributed by atoms with Crippen LogP contribution in [0.15, 0.2) is 66.0 Å². The highest BCUT2D eigenvalue weighted by Gasteiger charge is 2.32. The molecule has 0 amide bonds. The summed E-state index contributed by atoms with van der Waals surface area (Å²) in [7, 11) is 0. The van der Waals surface area contributed by atoms with Crippen molar-refractivity contribution in [1.29, 1.82) is 0 Å². The van der Waals surface area contributed by atoms with E-state index in [2.05, 4.69) is 62.2 Å². The second-order valence-corrected chi connectivity index (χ2v) is 9.12. The minimum Gasteiger partial charge on any atom is -0.368 e. The van der Waals surface area contributed by atoms with Gasteiger partial charge in [-0.2, -0.15) is 10.3 Å². The van der Waals surface area contributed by atoms with Gasteiger partial charge in [0, 0.05) is 36.1 Å². The fraction of sp³-hybridized carbons (Fsp3) is 0.346. The third-order valence-electron chi connectivity index (χ3n) is 6.74. The molecule has 0 aliphatic carbocycles. The van der Waals surface area contributed by atoms with Crippen molar-refractivity contribution in [3.63, 3.8) is 0 Å². The predicted octanol–water partition coefficient (Wildman–Crippen LogP) is 3.26. The number of aromatic amines is 1. The summed E-state index contributed by atoms with van der Waals surface area (Å²) in [6.07, 6.45) is 14.7. The second-order valence-electron chi connectivity index (χ2n) is 9.12. The first-order valence-electron chi connectivity index (χ1n) is 12.4. The van der Waals surface area contributed by atoms with Gasteiger partial charge in [0.15, 0.2) is 0 Å². The number of hydrogen-bond donors (Lipinski definition) is 2. The van der Waals surface area contributed by atoms with Gasteiger partial charge in [-0.15, -0.1) is 10.2 Å². The molecule has 36 heavy (non-hydrogen) atoms. The quantitative estimate of drug-likeness (QED) is 0.376. The standard InChI is InChI=1S/C26H31N9O/c1-4-6-10-22-17-33(24-19(3)16-28-35(24)5-2)25(36)34(22)18-26(11-13-27-14-12-26)21-9-7-8-20(15-21)23-29-31-32-30-23/h7-9,11-17,27H,4-6,10,18H2,1-3H3,(H,29,30,31,32). The number of hydrogen-bond acceptors (Lipinski definition) is 6. The molecule has 186 valence electrons. The van der Waals surface area contributed by atoms with E-state index >= 15 is 0 Å². The lowest BCUT2D eigenvalue weighted by Crippen LogP contribution is -2.36. The molecule has 1 aliphatic heterocycles. The third kappa shape index (κ3) is 4.19. The molecule has 0 atom stereocenters. The highest BCUT2D eigenvalue weighted by atomic mass is 16.1. The van der Waals surface area contributed by atoms with E-state index in [-0.39, 0.29) is 5.69 Å². The lowest BCUT2D eigenvalue weighted by molar-refractivity contribution is 0.495. The first-order chi connectivity index (χ1) is 17.6. The van der Waals surface area contributed by atoms with E-state index in [4.69, 9.17) is 0 Å². The second kappa shape index (κ2) is 9.80. The van der Waals surface area contributed by atoms with Crippen molar-refractivity contribution in [3.05, 3.63) is 88.5 Å². The third-order valence-corrected chi connectivity index (χ3v) is 6.74. The van der Waals surface area contributed by atoms with Gasteiger partial charge in [0.25, 0.3) is 0 Å².